The quantitative estimate of drug-likeness (QED) is 0.518. The first-order chi connectivity index (χ1) is 13.4. The summed E-state index contributed by atoms with van der Waals surface area (Å²) in [4.78, 5) is 9.08. The first-order valence-corrected chi connectivity index (χ1v) is 9.95. The number of morpholine rings is 1. The van der Waals surface area contributed by atoms with Gasteiger partial charge in [0.15, 0.2) is 5.96 Å². The summed E-state index contributed by atoms with van der Waals surface area (Å²) in [6.07, 6.45) is 0. The second-order valence-corrected chi connectivity index (χ2v) is 7.95. The lowest BCUT2D eigenvalue weighted by atomic mass is 10.0. The maximum absolute atomic E-state index is 5.54. The molecule has 1 saturated heterocycles. The van der Waals surface area contributed by atoms with Crippen LogP contribution >= 0.6 is 0 Å². The fourth-order valence-electron chi connectivity index (χ4n) is 3.05. The van der Waals surface area contributed by atoms with Crippen molar-refractivity contribution in [1.29, 1.82) is 0 Å². The zero-order valence-corrected chi connectivity index (χ0v) is 18.3. The number of hydrogen-bond donors (Lipinski definition) is 2. The van der Waals surface area contributed by atoms with E-state index >= 15 is 0 Å². The SMILES string of the molecule is CN=C(NCC(c1ccc(OC)cc1)N1CCOCC1)NCC(C)(C)N(C)C. The summed E-state index contributed by atoms with van der Waals surface area (Å²) in [7, 11) is 7.70. The molecule has 2 N–H and O–H groups in total. The Bertz CT molecular complexity index is 610. The smallest absolute Gasteiger partial charge is 0.191 e. The molecule has 1 fully saturated rings. The number of guanidine groups is 1. The van der Waals surface area contributed by atoms with Crippen LogP contribution in [0, 0.1) is 0 Å². The highest BCUT2D eigenvalue weighted by atomic mass is 16.5. The second kappa shape index (κ2) is 10.6. The molecule has 0 bridgehead atoms. The third-order valence-corrected chi connectivity index (χ3v) is 5.57. The number of rotatable bonds is 8. The predicted molar refractivity (Wildman–Crippen MR) is 115 cm³/mol. The van der Waals surface area contributed by atoms with Crippen LogP contribution in [0.4, 0.5) is 0 Å². The Balaban J connectivity index is 2.04. The van der Waals surface area contributed by atoms with E-state index in [-0.39, 0.29) is 11.6 Å². The molecule has 0 radical (unpaired) electrons. The minimum absolute atomic E-state index is 0.0389. The summed E-state index contributed by atoms with van der Waals surface area (Å²) in [5.41, 5.74) is 1.30. The molecule has 1 aromatic rings. The molecular formula is C21H37N5O2. The van der Waals surface area contributed by atoms with Gasteiger partial charge in [-0.3, -0.25) is 9.89 Å². The Morgan fingerprint density at radius 3 is 2.39 bits per heavy atom. The number of benzene rings is 1. The lowest BCUT2D eigenvalue weighted by Gasteiger charge is -2.36. The molecule has 0 aliphatic carbocycles. The number of aliphatic imine (C=N–C) groups is 1. The average Bonchev–Trinajstić information content (AvgIpc) is 2.71. The van der Waals surface area contributed by atoms with Crippen LogP contribution in [0.1, 0.15) is 25.5 Å². The minimum atomic E-state index is 0.0389. The Morgan fingerprint density at radius 1 is 1.21 bits per heavy atom. The molecule has 1 atom stereocenters. The van der Waals surface area contributed by atoms with Crippen LogP contribution in [0.2, 0.25) is 0 Å². The molecule has 1 unspecified atom stereocenters. The summed E-state index contributed by atoms with van der Waals surface area (Å²) >= 11 is 0. The maximum Gasteiger partial charge on any atom is 0.191 e. The molecule has 1 aliphatic rings. The van der Waals surface area contributed by atoms with E-state index in [0.29, 0.717) is 0 Å². The van der Waals surface area contributed by atoms with Gasteiger partial charge in [0.25, 0.3) is 0 Å². The number of likely N-dealkylation sites (N-methyl/N-ethyl adjacent to an activating group) is 1. The van der Waals surface area contributed by atoms with Gasteiger partial charge in [0, 0.05) is 38.8 Å². The Kier molecular flexibility index (Phi) is 8.54. The van der Waals surface area contributed by atoms with Crippen LogP contribution in [0.5, 0.6) is 5.75 Å². The van der Waals surface area contributed by atoms with E-state index in [2.05, 4.69) is 65.5 Å². The van der Waals surface area contributed by atoms with Gasteiger partial charge in [0.1, 0.15) is 5.75 Å². The van der Waals surface area contributed by atoms with Crippen molar-refractivity contribution in [1.82, 2.24) is 20.4 Å². The van der Waals surface area contributed by atoms with Crippen molar-refractivity contribution in [2.45, 2.75) is 25.4 Å². The molecule has 0 aromatic heterocycles. The van der Waals surface area contributed by atoms with Gasteiger partial charge in [-0.1, -0.05) is 12.1 Å². The molecule has 7 heteroatoms. The van der Waals surface area contributed by atoms with Gasteiger partial charge in [0.2, 0.25) is 0 Å². The molecule has 2 rings (SSSR count). The van der Waals surface area contributed by atoms with Gasteiger partial charge in [-0.2, -0.15) is 0 Å². The van der Waals surface area contributed by atoms with Crippen LogP contribution in [0.3, 0.4) is 0 Å². The van der Waals surface area contributed by atoms with E-state index in [9.17, 15) is 0 Å². The zero-order valence-electron chi connectivity index (χ0n) is 18.3. The highest BCUT2D eigenvalue weighted by molar-refractivity contribution is 5.79. The van der Waals surface area contributed by atoms with Crippen molar-refractivity contribution in [2.75, 3.05) is 67.6 Å². The summed E-state index contributed by atoms with van der Waals surface area (Å²) in [6, 6.07) is 8.58. The molecular weight excluding hydrogens is 354 g/mol. The fraction of sp³-hybridized carbons (Fsp3) is 0.667. The number of ether oxygens (including phenoxy) is 2. The predicted octanol–water partition coefficient (Wildman–Crippen LogP) is 1.57. The molecule has 1 aromatic carbocycles. The van der Waals surface area contributed by atoms with Crippen LogP contribution in [-0.2, 0) is 4.74 Å². The highest BCUT2D eigenvalue weighted by Gasteiger charge is 2.24. The molecule has 0 spiro atoms. The molecule has 1 heterocycles. The average molecular weight is 392 g/mol. The van der Waals surface area contributed by atoms with Gasteiger partial charge in [-0.15, -0.1) is 0 Å². The van der Waals surface area contributed by atoms with Crippen molar-refractivity contribution < 1.29 is 9.47 Å². The Morgan fingerprint density at radius 2 is 1.86 bits per heavy atom. The van der Waals surface area contributed by atoms with Crippen LogP contribution < -0.4 is 15.4 Å². The van der Waals surface area contributed by atoms with Crippen molar-refractivity contribution in [3.8, 4) is 5.75 Å². The molecule has 1 aliphatic heterocycles. The normalized spacial score (nSPS) is 17.5. The summed E-state index contributed by atoms with van der Waals surface area (Å²) in [6.45, 7) is 9.41. The van der Waals surface area contributed by atoms with E-state index in [1.165, 1.54) is 5.56 Å². The molecule has 158 valence electrons. The Hall–Kier alpha value is -1.83. The zero-order chi connectivity index (χ0) is 20.6. The fourth-order valence-corrected chi connectivity index (χ4v) is 3.05. The van der Waals surface area contributed by atoms with Gasteiger partial charge in [-0.05, 0) is 45.6 Å². The molecule has 28 heavy (non-hydrogen) atoms. The van der Waals surface area contributed by atoms with E-state index in [4.69, 9.17) is 9.47 Å². The minimum Gasteiger partial charge on any atom is -0.497 e. The topological polar surface area (TPSA) is 61.4 Å². The van der Waals surface area contributed by atoms with Gasteiger partial charge >= 0.3 is 0 Å². The van der Waals surface area contributed by atoms with Crippen LogP contribution in [0.15, 0.2) is 29.3 Å². The lowest BCUT2D eigenvalue weighted by molar-refractivity contribution is 0.0170. The second-order valence-electron chi connectivity index (χ2n) is 7.95. The van der Waals surface area contributed by atoms with Crippen molar-refractivity contribution in [3.05, 3.63) is 29.8 Å². The van der Waals surface area contributed by atoms with Gasteiger partial charge in [0.05, 0.1) is 26.4 Å². The maximum atomic E-state index is 5.54. The van der Waals surface area contributed by atoms with E-state index in [1.807, 2.05) is 19.2 Å². The largest absolute Gasteiger partial charge is 0.497 e. The number of methoxy groups -OCH3 is 1. The Labute approximate surface area is 170 Å². The highest BCUT2D eigenvalue weighted by Crippen LogP contribution is 2.23. The number of hydrogen-bond acceptors (Lipinski definition) is 5. The van der Waals surface area contributed by atoms with Gasteiger partial charge < -0.3 is 25.0 Å². The molecule has 7 nitrogen and oxygen atoms in total. The van der Waals surface area contributed by atoms with E-state index in [0.717, 1.165) is 51.1 Å². The van der Waals surface area contributed by atoms with E-state index in [1.54, 1.807) is 7.11 Å². The molecule has 0 saturated carbocycles. The number of nitrogens with one attached hydrogen (secondary N) is 2. The summed E-state index contributed by atoms with van der Waals surface area (Å²) in [5, 5.41) is 6.97. The van der Waals surface area contributed by atoms with Crippen LogP contribution in [0.25, 0.3) is 0 Å². The summed E-state index contributed by atoms with van der Waals surface area (Å²) < 4.78 is 10.9. The third-order valence-electron chi connectivity index (χ3n) is 5.57. The summed E-state index contributed by atoms with van der Waals surface area (Å²) in [5.74, 6) is 1.70. The standard InChI is InChI=1S/C21H37N5O2/c1-21(2,25(4)5)16-24-20(22-3)23-15-19(26-11-13-28-14-12-26)17-7-9-18(27-6)10-8-17/h7-10,19H,11-16H2,1-6H3,(H2,22,23,24). The van der Waals surface area contributed by atoms with E-state index < -0.39 is 0 Å². The lowest BCUT2D eigenvalue weighted by Crippen LogP contribution is -2.52. The molecule has 0 amide bonds. The van der Waals surface area contributed by atoms with Crippen molar-refractivity contribution >= 4 is 5.96 Å². The van der Waals surface area contributed by atoms with Gasteiger partial charge in [-0.25, -0.2) is 0 Å². The third kappa shape index (κ3) is 6.36. The first kappa shape index (κ1) is 22.5. The first-order valence-electron chi connectivity index (χ1n) is 9.95. The van der Waals surface area contributed by atoms with Crippen molar-refractivity contribution in [2.24, 2.45) is 4.99 Å². The van der Waals surface area contributed by atoms with Crippen molar-refractivity contribution in [3.63, 3.8) is 0 Å². The number of nitrogens with zero attached hydrogens (tertiary/aromatic N) is 3. The van der Waals surface area contributed by atoms with Crippen LogP contribution in [-0.4, -0.2) is 88.9 Å². The monoisotopic (exact) mass is 391 g/mol.